The number of hydrogen-bond donors (Lipinski definition) is 1. The van der Waals surface area contributed by atoms with E-state index in [0.717, 1.165) is 50.0 Å². The first-order chi connectivity index (χ1) is 31.0. The molecule has 0 fully saturated rings. The maximum absolute atomic E-state index is 5.29. The van der Waals surface area contributed by atoms with Gasteiger partial charge in [-0.2, -0.15) is 0 Å². The second kappa shape index (κ2) is 13.5. The lowest BCUT2D eigenvalue weighted by Gasteiger charge is -2.25. The summed E-state index contributed by atoms with van der Waals surface area (Å²) < 4.78 is 0. The number of nitrogens with zero attached hydrogens (tertiary/aromatic N) is 3. The second-order valence-electron chi connectivity index (χ2n) is 17.6. The third-order valence-electron chi connectivity index (χ3n) is 13.7. The number of fused-ring (bicyclic) bond motifs is 15. The highest BCUT2D eigenvalue weighted by molar-refractivity contribution is 6.23. The van der Waals surface area contributed by atoms with Gasteiger partial charge in [0, 0.05) is 38.7 Å². The molecule has 10 aromatic carbocycles. The average molecular weight is 805 g/mol. The maximum Gasteiger partial charge on any atom is 0.0979 e. The second-order valence-corrected chi connectivity index (χ2v) is 17.6. The van der Waals surface area contributed by atoms with Crippen molar-refractivity contribution in [2.75, 3.05) is 5.32 Å². The van der Waals surface area contributed by atoms with Crippen LogP contribution in [0.2, 0.25) is 0 Å². The summed E-state index contributed by atoms with van der Waals surface area (Å²) in [7, 11) is 0. The minimum atomic E-state index is -0.190. The average Bonchev–Trinajstić information content (AvgIpc) is 3.58. The van der Waals surface area contributed by atoms with E-state index in [1.165, 1.54) is 76.8 Å². The number of rotatable bonds is 4. The molecule has 0 radical (unpaired) electrons. The molecule has 1 atom stereocenters. The fourth-order valence-corrected chi connectivity index (χ4v) is 10.5. The highest BCUT2D eigenvalue weighted by Gasteiger charge is 2.36. The van der Waals surface area contributed by atoms with Gasteiger partial charge in [-0.3, -0.25) is 9.98 Å². The van der Waals surface area contributed by atoms with E-state index in [4.69, 9.17) is 15.0 Å². The van der Waals surface area contributed by atoms with Crippen LogP contribution in [0.3, 0.4) is 0 Å². The minimum Gasteiger partial charge on any atom is -0.371 e. The van der Waals surface area contributed by atoms with Crippen LogP contribution in [-0.4, -0.2) is 16.2 Å². The van der Waals surface area contributed by atoms with E-state index < -0.39 is 0 Å². The minimum absolute atomic E-state index is 0.0532. The Hall–Kier alpha value is -7.95. The van der Waals surface area contributed by atoms with Gasteiger partial charge in [-0.15, -0.1) is 0 Å². The Labute approximate surface area is 365 Å². The van der Waals surface area contributed by atoms with Gasteiger partial charge in [-0.25, -0.2) is 4.98 Å². The van der Waals surface area contributed by atoms with Crippen LogP contribution in [0.15, 0.2) is 193 Å². The van der Waals surface area contributed by atoms with E-state index in [1.54, 1.807) is 0 Å². The summed E-state index contributed by atoms with van der Waals surface area (Å²) >= 11 is 0. The molecule has 4 heteroatoms. The summed E-state index contributed by atoms with van der Waals surface area (Å²) in [6.07, 6.45) is 4.00. The Bertz CT molecular complexity index is 3730. The third kappa shape index (κ3) is 5.44. The van der Waals surface area contributed by atoms with Crippen LogP contribution in [0.1, 0.15) is 36.6 Å². The lowest BCUT2D eigenvalue weighted by molar-refractivity contribution is 0.661. The van der Waals surface area contributed by atoms with Gasteiger partial charge in [0.05, 0.1) is 40.3 Å². The van der Waals surface area contributed by atoms with Gasteiger partial charge >= 0.3 is 0 Å². The van der Waals surface area contributed by atoms with Crippen LogP contribution in [0.5, 0.6) is 0 Å². The number of benzene rings is 10. The molecule has 1 aromatic heterocycles. The highest BCUT2D eigenvalue weighted by atomic mass is 15.0. The normalized spacial score (nSPS) is 14.9. The Morgan fingerprint density at radius 3 is 1.62 bits per heavy atom. The number of hydrogen-bond acceptors (Lipinski definition) is 4. The van der Waals surface area contributed by atoms with E-state index in [2.05, 4.69) is 207 Å². The van der Waals surface area contributed by atoms with Crippen molar-refractivity contribution < 1.29 is 0 Å². The van der Waals surface area contributed by atoms with Crippen LogP contribution < -0.4 is 5.32 Å². The fourth-order valence-electron chi connectivity index (χ4n) is 10.5. The van der Waals surface area contributed by atoms with Crippen LogP contribution in [0, 0.1) is 0 Å². The fraction of sp³-hybridized carbons (Fsp3) is 0.0678. The molecule has 0 bridgehead atoms. The van der Waals surface area contributed by atoms with Crippen molar-refractivity contribution in [2.24, 2.45) is 4.99 Å². The molecule has 2 aliphatic rings. The van der Waals surface area contributed by atoms with Crippen molar-refractivity contribution >= 4 is 71.7 Å². The molecule has 1 N–H and O–H groups in total. The molecule has 4 nitrogen and oxygen atoms in total. The van der Waals surface area contributed by atoms with Crippen molar-refractivity contribution in [1.82, 2.24) is 9.97 Å². The lowest BCUT2D eigenvalue weighted by atomic mass is 9.80. The van der Waals surface area contributed by atoms with Crippen LogP contribution in [0.25, 0.3) is 98.8 Å². The van der Waals surface area contributed by atoms with E-state index in [-0.39, 0.29) is 11.5 Å². The van der Waals surface area contributed by atoms with Crippen LogP contribution >= 0.6 is 0 Å². The zero-order valence-corrected chi connectivity index (χ0v) is 34.9. The standard InChI is InChI=1S/C59H40N4/c1-59(2)51-31-37(35-13-11-15-39(29-35)53-33-60-55-47-21-7-3-17-41(47)43-19-5-9-23-49(43)57(55)62-53)25-27-45(51)46-28-26-38(32-52(46)59)36-14-12-16-40(30-36)54-34-61-56-48-22-8-4-18-42(48)44-20-6-10-24-50(44)58(56)63-54/h3-34,53,62H,1-2H3. The zero-order chi connectivity index (χ0) is 41.8. The number of aliphatic imine (C=N–C) groups is 1. The summed E-state index contributed by atoms with van der Waals surface area (Å²) in [5.74, 6) is 0. The van der Waals surface area contributed by atoms with Crippen molar-refractivity contribution in [2.45, 2.75) is 25.3 Å². The lowest BCUT2D eigenvalue weighted by Crippen LogP contribution is -2.16. The van der Waals surface area contributed by atoms with E-state index >= 15 is 0 Å². The molecule has 0 spiro atoms. The third-order valence-corrected chi connectivity index (χ3v) is 13.7. The molecular weight excluding hydrogens is 765 g/mol. The van der Waals surface area contributed by atoms with Gasteiger partial charge in [0.15, 0.2) is 0 Å². The topological polar surface area (TPSA) is 50.2 Å². The predicted molar refractivity (Wildman–Crippen MR) is 264 cm³/mol. The van der Waals surface area contributed by atoms with Crippen molar-refractivity contribution in [3.8, 4) is 44.6 Å². The molecule has 1 unspecified atom stereocenters. The van der Waals surface area contributed by atoms with Crippen LogP contribution in [-0.2, 0) is 5.41 Å². The van der Waals surface area contributed by atoms with E-state index in [9.17, 15) is 0 Å². The van der Waals surface area contributed by atoms with Gasteiger partial charge in [0.25, 0.3) is 0 Å². The van der Waals surface area contributed by atoms with Crippen molar-refractivity contribution in [3.05, 3.63) is 205 Å². The molecular formula is C59H40N4. The van der Waals surface area contributed by atoms with E-state index in [0.29, 0.717) is 0 Å². The summed E-state index contributed by atoms with van der Waals surface area (Å²) in [6.45, 7) is 4.73. The smallest absolute Gasteiger partial charge is 0.0979 e. The molecule has 0 saturated heterocycles. The SMILES string of the molecule is CC1(C)c2cc(-c3cccc(-c4cnc5c6ccccc6c6ccccc6c5n4)c3)ccc2-c2ccc(-c3cccc(C4C=Nc5c(c6ccccc6c6ccccc56)N4)c3)cc21. The number of aromatic nitrogens is 2. The molecule has 2 heterocycles. The first-order valence-electron chi connectivity index (χ1n) is 21.8. The summed E-state index contributed by atoms with van der Waals surface area (Å²) in [6, 6.07) is 65.9. The molecule has 1 aliphatic heterocycles. The molecule has 1 aliphatic carbocycles. The van der Waals surface area contributed by atoms with Crippen LogP contribution in [0.4, 0.5) is 11.4 Å². The summed E-state index contributed by atoms with van der Waals surface area (Å²) in [5.41, 5.74) is 16.9. The van der Waals surface area contributed by atoms with Gasteiger partial charge < -0.3 is 5.32 Å². The molecule has 13 rings (SSSR count). The zero-order valence-electron chi connectivity index (χ0n) is 34.9. The Kier molecular flexibility index (Phi) is 7.68. The molecule has 296 valence electrons. The van der Waals surface area contributed by atoms with Gasteiger partial charge in [-0.1, -0.05) is 172 Å². The molecule has 63 heavy (non-hydrogen) atoms. The predicted octanol–water partition coefficient (Wildman–Crippen LogP) is 15.4. The molecule has 0 amide bonds. The Morgan fingerprint density at radius 1 is 0.444 bits per heavy atom. The molecule has 11 aromatic rings. The number of anilines is 1. The quantitative estimate of drug-likeness (QED) is 0.180. The monoisotopic (exact) mass is 804 g/mol. The first kappa shape index (κ1) is 35.8. The number of nitrogens with one attached hydrogen (secondary N) is 1. The molecule has 0 saturated carbocycles. The Morgan fingerprint density at radius 2 is 0.952 bits per heavy atom. The maximum atomic E-state index is 5.29. The van der Waals surface area contributed by atoms with Gasteiger partial charge in [0.1, 0.15) is 0 Å². The highest BCUT2D eigenvalue weighted by Crippen LogP contribution is 2.51. The summed E-state index contributed by atoms with van der Waals surface area (Å²) in [5, 5.41) is 13.4. The van der Waals surface area contributed by atoms with Crippen molar-refractivity contribution in [3.63, 3.8) is 0 Å². The van der Waals surface area contributed by atoms with Gasteiger partial charge in [-0.05, 0) is 95.9 Å². The van der Waals surface area contributed by atoms with Crippen molar-refractivity contribution in [1.29, 1.82) is 0 Å². The first-order valence-corrected chi connectivity index (χ1v) is 21.8. The Balaban J connectivity index is 0.821. The van der Waals surface area contributed by atoms with E-state index in [1.807, 2.05) is 6.20 Å². The largest absolute Gasteiger partial charge is 0.371 e. The van der Waals surface area contributed by atoms with Gasteiger partial charge in [0.2, 0.25) is 0 Å². The summed E-state index contributed by atoms with van der Waals surface area (Å²) in [4.78, 5) is 15.4.